The third-order valence-corrected chi connectivity index (χ3v) is 0. The Balaban J connectivity index is 0. The number of hydrogen-bond acceptors (Lipinski definition) is 0. The van der Waals surface area contributed by atoms with Gasteiger partial charge in [-0.1, -0.05) is 12.2 Å². The fraction of sp³-hybridized carbons (Fsp3) is 0.500. The standard InChI is InChI=1S/C4H7.Na.H/c1-4(2)3;;/h1H,2-3H3;;. The van der Waals surface area contributed by atoms with E-state index in [1.54, 1.807) is 0 Å². The van der Waals surface area contributed by atoms with Crippen LogP contribution in [0.2, 0.25) is 0 Å². The van der Waals surface area contributed by atoms with E-state index in [0.29, 0.717) is 0 Å². The Morgan fingerprint density at radius 1 is 1.40 bits per heavy atom. The summed E-state index contributed by atoms with van der Waals surface area (Å²) in [5.74, 6) is 0. The maximum absolute atomic E-state index is 5.03. The second-order valence-corrected chi connectivity index (χ2v) is 1.08. The summed E-state index contributed by atoms with van der Waals surface area (Å²) in [6, 6.07) is 0. The first kappa shape index (κ1) is 9.22. The van der Waals surface area contributed by atoms with Gasteiger partial charge in [-0.25, -0.2) is 0 Å². The molecule has 0 aromatic carbocycles. The summed E-state index contributed by atoms with van der Waals surface area (Å²) in [6.07, 6.45) is 0. The van der Waals surface area contributed by atoms with E-state index in [9.17, 15) is 0 Å². The molecule has 0 unspecified atom stereocenters. The first-order valence-corrected chi connectivity index (χ1v) is 1.29. The summed E-state index contributed by atoms with van der Waals surface area (Å²) in [7, 11) is 0. The van der Waals surface area contributed by atoms with Crippen molar-refractivity contribution in [2.45, 2.75) is 13.8 Å². The van der Waals surface area contributed by atoms with E-state index in [1.807, 2.05) is 13.8 Å². The Kier molecular flexibility index (Phi) is 8.74. The summed E-state index contributed by atoms with van der Waals surface area (Å²) in [5.41, 5.74) is 0.917. The second kappa shape index (κ2) is 4.74. The first-order chi connectivity index (χ1) is 1.73. The molecule has 0 amide bonds. The summed E-state index contributed by atoms with van der Waals surface area (Å²) in [5, 5.41) is 0. The Hall–Kier alpha value is 0.740. The van der Waals surface area contributed by atoms with Crippen LogP contribution in [0.3, 0.4) is 0 Å². The molecular weight excluding hydrogens is 71.0 g/mol. The summed E-state index contributed by atoms with van der Waals surface area (Å²) in [6.45, 7) is 8.75. The predicted molar refractivity (Wildman–Crippen MR) is 26.3 cm³/mol. The summed E-state index contributed by atoms with van der Waals surface area (Å²) < 4.78 is 0. The van der Waals surface area contributed by atoms with Gasteiger partial charge in [0.15, 0.2) is 0 Å². The quantitative estimate of drug-likeness (QED) is 0.375. The molecule has 0 aromatic heterocycles. The van der Waals surface area contributed by atoms with Crippen molar-refractivity contribution in [3.63, 3.8) is 0 Å². The van der Waals surface area contributed by atoms with Gasteiger partial charge in [-0.05, 0) is 13.8 Å². The van der Waals surface area contributed by atoms with Crippen molar-refractivity contribution in [1.29, 1.82) is 0 Å². The monoisotopic (exact) mass is 79.1 g/mol. The van der Waals surface area contributed by atoms with Gasteiger partial charge in [0.25, 0.3) is 0 Å². The molecule has 1 radical (unpaired) electrons. The molecule has 25 valence electrons. The predicted octanol–water partition coefficient (Wildman–Crippen LogP) is 0.737. The molecule has 0 atom stereocenters. The fourth-order valence-electron chi connectivity index (χ4n) is 0. The van der Waals surface area contributed by atoms with E-state index < -0.39 is 0 Å². The van der Waals surface area contributed by atoms with Gasteiger partial charge in [-0.2, -0.15) is 0 Å². The Morgan fingerprint density at radius 2 is 1.40 bits per heavy atom. The van der Waals surface area contributed by atoms with Gasteiger partial charge in [-0.15, -0.1) is 0 Å². The van der Waals surface area contributed by atoms with Crippen molar-refractivity contribution in [3.8, 4) is 0 Å². The SMILES string of the molecule is [CH]=C(C)C.[NaH]. The van der Waals surface area contributed by atoms with E-state index in [1.165, 1.54) is 0 Å². The van der Waals surface area contributed by atoms with Crippen LogP contribution in [0, 0.1) is 6.58 Å². The molecule has 0 saturated heterocycles. The van der Waals surface area contributed by atoms with Crippen LogP contribution >= 0.6 is 0 Å². The zero-order chi connectivity index (χ0) is 3.58. The minimum absolute atomic E-state index is 0. The van der Waals surface area contributed by atoms with E-state index in [2.05, 4.69) is 0 Å². The molecule has 1 heteroatoms. The van der Waals surface area contributed by atoms with Crippen LogP contribution in [0.1, 0.15) is 13.8 Å². The summed E-state index contributed by atoms with van der Waals surface area (Å²) in [4.78, 5) is 0. The van der Waals surface area contributed by atoms with Crippen LogP contribution in [-0.2, 0) is 0 Å². The maximum atomic E-state index is 5.03. The van der Waals surface area contributed by atoms with Crippen molar-refractivity contribution < 1.29 is 0 Å². The van der Waals surface area contributed by atoms with Gasteiger partial charge in [0, 0.05) is 0 Å². The molecule has 0 fully saturated rings. The topological polar surface area (TPSA) is 0 Å². The van der Waals surface area contributed by atoms with E-state index in [-0.39, 0.29) is 29.6 Å². The van der Waals surface area contributed by atoms with Gasteiger partial charge in [0.05, 0.1) is 0 Å². The molecular formula is C4H8Na. The third kappa shape index (κ3) is 65.0. The molecule has 0 aromatic rings. The van der Waals surface area contributed by atoms with Crippen molar-refractivity contribution in [2.75, 3.05) is 0 Å². The number of allylic oxidation sites excluding steroid dienone is 1. The van der Waals surface area contributed by atoms with Crippen LogP contribution in [0.4, 0.5) is 0 Å². The molecule has 0 bridgehead atoms. The van der Waals surface area contributed by atoms with Gasteiger partial charge < -0.3 is 0 Å². The Bertz CT molecular complexity index is 26.6. The van der Waals surface area contributed by atoms with Gasteiger partial charge in [0.1, 0.15) is 0 Å². The van der Waals surface area contributed by atoms with Crippen molar-refractivity contribution >= 4 is 29.6 Å². The molecule has 0 heterocycles. The van der Waals surface area contributed by atoms with Crippen LogP contribution in [0.5, 0.6) is 0 Å². The van der Waals surface area contributed by atoms with Crippen LogP contribution in [0.15, 0.2) is 5.57 Å². The van der Waals surface area contributed by atoms with Crippen molar-refractivity contribution in [1.82, 2.24) is 0 Å². The van der Waals surface area contributed by atoms with E-state index in [4.69, 9.17) is 6.58 Å². The molecule has 0 saturated carbocycles. The van der Waals surface area contributed by atoms with Crippen LogP contribution < -0.4 is 0 Å². The molecule has 0 rings (SSSR count). The number of hydrogen-bond donors (Lipinski definition) is 0. The zero-order valence-electron chi connectivity index (χ0n) is 3.08. The van der Waals surface area contributed by atoms with Crippen molar-refractivity contribution in [2.24, 2.45) is 0 Å². The molecule has 0 nitrogen and oxygen atoms in total. The van der Waals surface area contributed by atoms with Crippen LogP contribution in [-0.4, -0.2) is 29.6 Å². The van der Waals surface area contributed by atoms with Gasteiger partial charge in [0.2, 0.25) is 0 Å². The average molecular weight is 79.1 g/mol. The van der Waals surface area contributed by atoms with Gasteiger partial charge in [-0.3, -0.25) is 0 Å². The van der Waals surface area contributed by atoms with E-state index in [0.717, 1.165) is 5.57 Å². The molecule has 0 aliphatic carbocycles. The zero-order valence-corrected chi connectivity index (χ0v) is 3.08. The van der Waals surface area contributed by atoms with Crippen molar-refractivity contribution in [3.05, 3.63) is 12.2 Å². The third-order valence-electron chi connectivity index (χ3n) is 0. The number of rotatable bonds is 0. The molecule has 0 spiro atoms. The summed E-state index contributed by atoms with van der Waals surface area (Å²) >= 11 is 0. The molecule has 0 aliphatic heterocycles. The molecule has 0 aliphatic rings. The first-order valence-electron chi connectivity index (χ1n) is 1.29. The minimum atomic E-state index is 0. The average Bonchev–Trinajstić information content (AvgIpc) is 0.811. The van der Waals surface area contributed by atoms with Gasteiger partial charge >= 0.3 is 29.6 Å². The molecule has 0 N–H and O–H groups in total. The second-order valence-electron chi connectivity index (χ2n) is 1.08. The Morgan fingerprint density at radius 3 is 1.40 bits per heavy atom. The molecule has 5 heavy (non-hydrogen) atoms. The van der Waals surface area contributed by atoms with Crippen LogP contribution in [0.25, 0.3) is 0 Å². The normalized spacial score (nSPS) is 5.20. The fourth-order valence-corrected chi connectivity index (χ4v) is 0. The Labute approximate surface area is 55.6 Å². The van der Waals surface area contributed by atoms with E-state index >= 15 is 0 Å².